The van der Waals surface area contributed by atoms with Crippen LogP contribution < -0.4 is 5.32 Å². The molecule has 1 aromatic carbocycles. The van der Waals surface area contributed by atoms with Crippen LogP contribution in [0.5, 0.6) is 0 Å². The number of benzene rings is 1. The van der Waals surface area contributed by atoms with E-state index in [1.54, 1.807) is 11.3 Å². The van der Waals surface area contributed by atoms with Crippen molar-refractivity contribution < 1.29 is 0 Å². The van der Waals surface area contributed by atoms with Crippen LogP contribution in [0, 0.1) is 6.92 Å². The number of anilines is 1. The van der Waals surface area contributed by atoms with E-state index in [0.717, 1.165) is 20.6 Å². The lowest BCUT2D eigenvalue weighted by molar-refractivity contribution is 0.890. The summed E-state index contributed by atoms with van der Waals surface area (Å²) in [7, 11) is 0. The minimum atomic E-state index is 0.220. The third kappa shape index (κ3) is 3.15. The average Bonchev–Trinajstić information content (AvgIpc) is 2.70. The summed E-state index contributed by atoms with van der Waals surface area (Å²) in [5.74, 6) is 0. The largest absolute Gasteiger partial charge is 0.378 e. The Hall–Kier alpha value is -0.700. The first kappa shape index (κ1) is 12.7. The summed E-state index contributed by atoms with van der Waals surface area (Å²) < 4.78 is 0.815. The molecule has 1 aromatic heterocycles. The van der Waals surface area contributed by atoms with Crippen molar-refractivity contribution in [2.24, 2.45) is 0 Å². The van der Waals surface area contributed by atoms with Gasteiger partial charge in [-0.2, -0.15) is 0 Å². The van der Waals surface area contributed by atoms with E-state index in [1.807, 2.05) is 31.2 Å². The zero-order chi connectivity index (χ0) is 12.4. The van der Waals surface area contributed by atoms with Gasteiger partial charge in [0.05, 0.1) is 4.34 Å². The fraction of sp³-hybridized carbons (Fsp3) is 0.231. The first-order chi connectivity index (χ1) is 8.06. The van der Waals surface area contributed by atoms with Crippen molar-refractivity contribution in [3.8, 4) is 0 Å². The van der Waals surface area contributed by atoms with Crippen LogP contribution in [-0.2, 0) is 0 Å². The lowest BCUT2D eigenvalue weighted by atomic mass is 10.1. The average molecular weight is 286 g/mol. The summed E-state index contributed by atoms with van der Waals surface area (Å²) in [5.41, 5.74) is 3.30. The van der Waals surface area contributed by atoms with Crippen LogP contribution in [0.1, 0.15) is 24.1 Å². The zero-order valence-corrected chi connectivity index (χ0v) is 12.0. The highest BCUT2D eigenvalue weighted by atomic mass is 35.5. The van der Waals surface area contributed by atoms with Gasteiger partial charge in [-0.1, -0.05) is 29.3 Å². The summed E-state index contributed by atoms with van der Waals surface area (Å²) in [6.07, 6.45) is 0. The molecule has 0 radical (unpaired) electrons. The van der Waals surface area contributed by atoms with Gasteiger partial charge in [0.25, 0.3) is 0 Å². The van der Waals surface area contributed by atoms with Gasteiger partial charge in [0.1, 0.15) is 0 Å². The highest BCUT2D eigenvalue weighted by Crippen LogP contribution is 2.28. The maximum Gasteiger partial charge on any atom is 0.0931 e. The summed E-state index contributed by atoms with van der Waals surface area (Å²) in [6, 6.07) is 8.20. The van der Waals surface area contributed by atoms with Gasteiger partial charge in [0.15, 0.2) is 0 Å². The van der Waals surface area contributed by atoms with E-state index in [0.29, 0.717) is 0 Å². The van der Waals surface area contributed by atoms with Crippen molar-refractivity contribution in [2.45, 2.75) is 19.9 Å². The maximum absolute atomic E-state index is 6.09. The number of thiophene rings is 1. The Balaban J connectivity index is 2.12. The zero-order valence-electron chi connectivity index (χ0n) is 9.63. The Bertz CT molecular complexity index is 522. The van der Waals surface area contributed by atoms with E-state index >= 15 is 0 Å². The Kier molecular flexibility index (Phi) is 3.97. The molecule has 1 N–H and O–H groups in total. The summed E-state index contributed by atoms with van der Waals surface area (Å²) in [6.45, 7) is 4.10. The monoisotopic (exact) mass is 285 g/mol. The van der Waals surface area contributed by atoms with E-state index in [1.165, 1.54) is 5.56 Å². The minimum Gasteiger partial charge on any atom is -0.378 e. The van der Waals surface area contributed by atoms with Crippen LogP contribution in [0.15, 0.2) is 29.6 Å². The van der Waals surface area contributed by atoms with Crippen LogP contribution in [0.2, 0.25) is 9.36 Å². The number of aryl methyl sites for hydroxylation is 1. The van der Waals surface area contributed by atoms with Gasteiger partial charge < -0.3 is 5.32 Å². The molecule has 0 aliphatic heterocycles. The van der Waals surface area contributed by atoms with Crippen LogP contribution in [-0.4, -0.2) is 0 Å². The Morgan fingerprint density at radius 2 is 2.00 bits per heavy atom. The second kappa shape index (κ2) is 5.30. The van der Waals surface area contributed by atoms with E-state index in [-0.39, 0.29) is 6.04 Å². The molecular weight excluding hydrogens is 273 g/mol. The van der Waals surface area contributed by atoms with E-state index in [2.05, 4.69) is 17.6 Å². The highest BCUT2D eigenvalue weighted by molar-refractivity contribution is 7.14. The lowest BCUT2D eigenvalue weighted by Crippen LogP contribution is -2.05. The molecule has 2 aromatic rings. The molecule has 0 saturated carbocycles. The normalized spacial score (nSPS) is 12.5. The summed E-state index contributed by atoms with van der Waals surface area (Å²) in [5, 5.41) is 6.25. The third-order valence-corrected chi connectivity index (χ3v) is 4.16. The van der Waals surface area contributed by atoms with Crippen LogP contribution in [0.25, 0.3) is 0 Å². The maximum atomic E-state index is 6.09. The first-order valence-electron chi connectivity index (χ1n) is 5.33. The molecule has 4 heteroatoms. The number of hydrogen-bond donors (Lipinski definition) is 1. The molecule has 2 rings (SSSR count). The molecule has 1 nitrogen and oxygen atoms in total. The predicted molar refractivity (Wildman–Crippen MR) is 77.6 cm³/mol. The van der Waals surface area contributed by atoms with Gasteiger partial charge in [0, 0.05) is 16.8 Å². The SMILES string of the molecule is Cc1ccc(NC(C)c2csc(Cl)c2)cc1Cl. The molecule has 0 amide bonds. The molecule has 0 fully saturated rings. The molecule has 0 bridgehead atoms. The molecule has 17 heavy (non-hydrogen) atoms. The Labute approximate surface area is 115 Å². The molecule has 1 heterocycles. The topological polar surface area (TPSA) is 12.0 Å². The number of halogens is 2. The smallest absolute Gasteiger partial charge is 0.0931 e. The summed E-state index contributed by atoms with van der Waals surface area (Å²) in [4.78, 5) is 0. The quantitative estimate of drug-likeness (QED) is 0.781. The number of hydrogen-bond acceptors (Lipinski definition) is 2. The molecule has 0 aliphatic carbocycles. The Morgan fingerprint density at radius 3 is 2.59 bits per heavy atom. The Morgan fingerprint density at radius 1 is 1.24 bits per heavy atom. The van der Waals surface area contributed by atoms with Crippen molar-refractivity contribution in [1.29, 1.82) is 0 Å². The van der Waals surface area contributed by atoms with Crippen molar-refractivity contribution in [2.75, 3.05) is 5.32 Å². The van der Waals surface area contributed by atoms with Crippen LogP contribution in [0.4, 0.5) is 5.69 Å². The van der Waals surface area contributed by atoms with Gasteiger partial charge in [-0.25, -0.2) is 0 Å². The fourth-order valence-corrected chi connectivity index (χ4v) is 2.73. The standard InChI is InChI=1S/C13H13Cl2NS/c1-8-3-4-11(6-12(8)14)16-9(2)10-5-13(15)17-7-10/h3-7,9,16H,1-2H3. The molecular formula is C13H13Cl2NS. The highest BCUT2D eigenvalue weighted by Gasteiger charge is 2.08. The lowest BCUT2D eigenvalue weighted by Gasteiger charge is -2.14. The fourth-order valence-electron chi connectivity index (χ4n) is 1.57. The molecule has 0 spiro atoms. The number of nitrogens with one attached hydrogen (secondary N) is 1. The van der Waals surface area contributed by atoms with Crippen molar-refractivity contribution in [3.05, 3.63) is 50.1 Å². The van der Waals surface area contributed by atoms with Crippen molar-refractivity contribution in [1.82, 2.24) is 0 Å². The third-order valence-electron chi connectivity index (χ3n) is 2.64. The molecule has 0 saturated heterocycles. The number of rotatable bonds is 3. The first-order valence-corrected chi connectivity index (χ1v) is 6.96. The van der Waals surface area contributed by atoms with Gasteiger partial charge in [-0.3, -0.25) is 0 Å². The molecule has 90 valence electrons. The van der Waals surface area contributed by atoms with Gasteiger partial charge in [-0.15, -0.1) is 11.3 Å². The van der Waals surface area contributed by atoms with Gasteiger partial charge >= 0.3 is 0 Å². The van der Waals surface area contributed by atoms with E-state index in [9.17, 15) is 0 Å². The second-order valence-corrected chi connectivity index (χ2v) is 5.96. The molecule has 0 aliphatic rings. The minimum absolute atomic E-state index is 0.220. The van der Waals surface area contributed by atoms with Crippen molar-refractivity contribution in [3.63, 3.8) is 0 Å². The molecule has 1 atom stereocenters. The predicted octanol–water partition coefficient (Wildman–Crippen LogP) is 5.54. The van der Waals surface area contributed by atoms with Gasteiger partial charge in [0.2, 0.25) is 0 Å². The van der Waals surface area contributed by atoms with Gasteiger partial charge in [-0.05, 0) is 48.6 Å². The van der Waals surface area contributed by atoms with E-state index < -0.39 is 0 Å². The van der Waals surface area contributed by atoms with Crippen molar-refractivity contribution >= 4 is 40.2 Å². The molecule has 1 unspecified atom stereocenters. The summed E-state index contributed by atoms with van der Waals surface area (Å²) >= 11 is 13.6. The second-order valence-electron chi connectivity index (χ2n) is 4.01. The van der Waals surface area contributed by atoms with E-state index in [4.69, 9.17) is 23.2 Å². The van der Waals surface area contributed by atoms with Crippen LogP contribution >= 0.6 is 34.5 Å². The van der Waals surface area contributed by atoms with Crippen LogP contribution in [0.3, 0.4) is 0 Å².